The van der Waals surface area contributed by atoms with E-state index in [1.54, 1.807) is 34.9 Å². The lowest BCUT2D eigenvalue weighted by Crippen LogP contribution is -2.44. The summed E-state index contributed by atoms with van der Waals surface area (Å²) in [4.78, 5) is 40.4. The van der Waals surface area contributed by atoms with Crippen molar-refractivity contribution in [2.45, 2.75) is 39.3 Å². The highest BCUT2D eigenvalue weighted by Crippen LogP contribution is 2.30. The Bertz CT molecular complexity index is 749. The molecule has 1 fully saturated rings. The van der Waals surface area contributed by atoms with E-state index < -0.39 is 6.10 Å². The van der Waals surface area contributed by atoms with Crippen LogP contribution in [0.25, 0.3) is 0 Å². The van der Waals surface area contributed by atoms with Gasteiger partial charge >= 0.3 is 6.03 Å². The van der Waals surface area contributed by atoms with Crippen LogP contribution >= 0.6 is 0 Å². The van der Waals surface area contributed by atoms with Crippen LogP contribution in [0.3, 0.4) is 0 Å². The molecular formula is C19H26N4O4. The molecule has 2 N–H and O–H groups in total. The summed E-state index contributed by atoms with van der Waals surface area (Å²) < 4.78 is 5.53. The molecule has 1 aromatic carbocycles. The van der Waals surface area contributed by atoms with Gasteiger partial charge in [-0.1, -0.05) is 0 Å². The second-order valence-electron chi connectivity index (χ2n) is 7.20. The van der Waals surface area contributed by atoms with Gasteiger partial charge in [0.15, 0.2) is 6.10 Å². The molecule has 0 radical (unpaired) electrons. The molecule has 2 aliphatic rings. The first kappa shape index (κ1) is 19.0. The van der Waals surface area contributed by atoms with Crippen molar-refractivity contribution in [3.05, 3.63) is 23.8 Å². The molecule has 1 unspecified atom stereocenters. The Morgan fingerprint density at radius 3 is 2.63 bits per heavy atom. The largest absolute Gasteiger partial charge is 0.479 e. The number of fused-ring (bicyclic) bond motifs is 1. The molecule has 2 aliphatic heterocycles. The molecule has 1 atom stereocenters. The van der Waals surface area contributed by atoms with Crippen LogP contribution in [0.2, 0.25) is 0 Å². The number of anilines is 1. The smallest absolute Gasteiger partial charge is 0.317 e. The van der Waals surface area contributed by atoms with Crippen LogP contribution in [0.5, 0.6) is 5.75 Å². The lowest BCUT2D eigenvalue weighted by Gasteiger charge is -2.25. The summed E-state index contributed by atoms with van der Waals surface area (Å²) in [5.74, 6) is 0.219. The fourth-order valence-electron chi connectivity index (χ4n) is 3.19. The molecule has 0 saturated carbocycles. The van der Waals surface area contributed by atoms with Crippen molar-refractivity contribution in [1.29, 1.82) is 0 Å². The molecule has 2 heterocycles. The molecule has 146 valence electrons. The molecule has 0 aliphatic carbocycles. The topological polar surface area (TPSA) is 91.0 Å². The number of hydrogen-bond acceptors (Lipinski definition) is 4. The highest BCUT2D eigenvalue weighted by atomic mass is 16.5. The van der Waals surface area contributed by atoms with E-state index in [4.69, 9.17) is 4.74 Å². The Morgan fingerprint density at radius 1 is 1.19 bits per heavy atom. The summed E-state index contributed by atoms with van der Waals surface area (Å²) in [6, 6.07) is 5.05. The van der Waals surface area contributed by atoms with Crippen LogP contribution in [-0.4, -0.2) is 66.0 Å². The number of carbonyl (C=O) groups is 3. The van der Waals surface area contributed by atoms with E-state index in [0.717, 1.165) is 6.42 Å². The highest BCUT2D eigenvalue weighted by molar-refractivity contribution is 6.01. The lowest BCUT2D eigenvalue weighted by atomic mass is 10.1. The number of hydrogen-bond donors (Lipinski definition) is 2. The Hall–Kier alpha value is -2.77. The number of nitrogens with one attached hydrogen (secondary N) is 2. The summed E-state index contributed by atoms with van der Waals surface area (Å²) in [5.41, 5.74) is 1.00. The maximum Gasteiger partial charge on any atom is 0.317 e. The number of urea groups is 1. The van der Waals surface area contributed by atoms with Gasteiger partial charge in [-0.25, -0.2) is 4.79 Å². The highest BCUT2D eigenvalue weighted by Gasteiger charge is 2.27. The third kappa shape index (κ3) is 4.32. The summed E-state index contributed by atoms with van der Waals surface area (Å²) in [6.07, 6.45) is 0.173. The van der Waals surface area contributed by atoms with Gasteiger partial charge in [0.1, 0.15) is 5.75 Å². The number of ether oxygens (including phenoxy) is 1. The number of benzene rings is 1. The molecule has 3 rings (SSSR count). The van der Waals surface area contributed by atoms with Crippen molar-refractivity contribution >= 4 is 23.5 Å². The average molecular weight is 374 g/mol. The van der Waals surface area contributed by atoms with Gasteiger partial charge < -0.3 is 25.2 Å². The normalized spacial score (nSPS) is 19.7. The lowest BCUT2D eigenvalue weighted by molar-refractivity contribution is -0.122. The SMILES string of the molecule is CC(C)NC(=O)N1CCCN(C(=O)c2ccc3c(c2)NC(=O)C(C)O3)CC1. The zero-order valence-corrected chi connectivity index (χ0v) is 15.9. The van der Waals surface area contributed by atoms with Crippen molar-refractivity contribution in [2.24, 2.45) is 0 Å². The maximum atomic E-state index is 12.9. The number of carbonyl (C=O) groups excluding carboxylic acids is 3. The quantitative estimate of drug-likeness (QED) is 0.824. The minimum atomic E-state index is -0.548. The van der Waals surface area contributed by atoms with Crippen LogP contribution in [0.15, 0.2) is 18.2 Å². The second kappa shape index (κ2) is 7.85. The molecule has 0 spiro atoms. The van der Waals surface area contributed by atoms with Gasteiger partial charge in [0.2, 0.25) is 0 Å². The molecule has 0 aromatic heterocycles. The van der Waals surface area contributed by atoms with Gasteiger partial charge in [-0.3, -0.25) is 9.59 Å². The Balaban J connectivity index is 1.67. The summed E-state index contributed by atoms with van der Waals surface area (Å²) in [5, 5.41) is 5.65. The molecule has 8 nitrogen and oxygen atoms in total. The maximum absolute atomic E-state index is 12.9. The Morgan fingerprint density at radius 2 is 1.89 bits per heavy atom. The monoisotopic (exact) mass is 374 g/mol. The minimum Gasteiger partial charge on any atom is -0.479 e. The zero-order chi connectivity index (χ0) is 19.6. The van der Waals surface area contributed by atoms with Gasteiger partial charge in [-0.15, -0.1) is 0 Å². The standard InChI is InChI=1S/C19H26N4O4/c1-12(2)20-19(26)23-8-4-7-22(9-10-23)18(25)14-5-6-16-15(11-14)21-17(24)13(3)27-16/h5-6,11-13H,4,7-10H2,1-3H3,(H,20,26)(H,21,24). The first-order valence-electron chi connectivity index (χ1n) is 9.31. The van der Waals surface area contributed by atoms with Crippen molar-refractivity contribution in [3.8, 4) is 5.75 Å². The molecule has 8 heteroatoms. The van der Waals surface area contributed by atoms with Crippen LogP contribution in [0.4, 0.5) is 10.5 Å². The third-order valence-corrected chi connectivity index (χ3v) is 4.64. The fraction of sp³-hybridized carbons (Fsp3) is 0.526. The van der Waals surface area contributed by atoms with E-state index >= 15 is 0 Å². The van der Waals surface area contributed by atoms with Crippen LogP contribution in [-0.2, 0) is 4.79 Å². The van der Waals surface area contributed by atoms with E-state index in [1.807, 2.05) is 13.8 Å². The summed E-state index contributed by atoms with van der Waals surface area (Å²) in [7, 11) is 0. The van der Waals surface area contributed by atoms with Crippen molar-refractivity contribution in [3.63, 3.8) is 0 Å². The fourth-order valence-corrected chi connectivity index (χ4v) is 3.19. The molecule has 1 aromatic rings. The molecule has 0 bridgehead atoms. The molecule has 4 amide bonds. The average Bonchev–Trinajstić information content (AvgIpc) is 2.87. The van der Waals surface area contributed by atoms with Crippen LogP contribution in [0.1, 0.15) is 37.6 Å². The number of rotatable bonds is 2. The van der Waals surface area contributed by atoms with Gasteiger partial charge in [0, 0.05) is 37.8 Å². The van der Waals surface area contributed by atoms with Crippen LogP contribution < -0.4 is 15.4 Å². The Kier molecular flexibility index (Phi) is 5.53. The molecule has 1 saturated heterocycles. The van der Waals surface area contributed by atoms with Gasteiger partial charge in [-0.2, -0.15) is 0 Å². The number of amides is 4. The first-order valence-corrected chi connectivity index (χ1v) is 9.31. The predicted octanol–water partition coefficient (Wildman–Crippen LogP) is 1.67. The van der Waals surface area contributed by atoms with E-state index in [2.05, 4.69) is 10.6 Å². The number of nitrogens with zero attached hydrogens (tertiary/aromatic N) is 2. The van der Waals surface area contributed by atoms with Gasteiger partial charge in [-0.05, 0) is 45.4 Å². The third-order valence-electron chi connectivity index (χ3n) is 4.64. The van der Waals surface area contributed by atoms with Crippen molar-refractivity contribution in [2.75, 3.05) is 31.5 Å². The molecular weight excluding hydrogens is 348 g/mol. The van der Waals surface area contributed by atoms with Gasteiger partial charge in [0.25, 0.3) is 11.8 Å². The molecule has 27 heavy (non-hydrogen) atoms. The first-order chi connectivity index (χ1) is 12.8. The van der Waals surface area contributed by atoms with Crippen molar-refractivity contribution in [1.82, 2.24) is 15.1 Å². The zero-order valence-electron chi connectivity index (χ0n) is 15.9. The predicted molar refractivity (Wildman–Crippen MR) is 101 cm³/mol. The van der Waals surface area contributed by atoms with Crippen LogP contribution in [0, 0.1) is 0 Å². The van der Waals surface area contributed by atoms with E-state index in [0.29, 0.717) is 43.2 Å². The Labute approximate surface area is 158 Å². The summed E-state index contributed by atoms with van der Waals surface area (Å²) >= 11 is 0. The second-order valence-corrected chi connectivity index (χ2v) is 7.20. The van der Waals surface area contributed by atoms with E-state index in [-0.39, 0.29) is 23.9 Å². The van der Waals surface area contributed by atoms with E-state index in [9.17, 15) is 14.4 Å². The summed E-state index contributed by atoms with van der Waals surface area (Å²) in [6.45, 7) is 7.69. The van der Waals surface area contributed by atoms with E-state index in [1.165, 1.54) is 0 Å². The van der Waals surface area contributed by atoms with Gasteiger partial charge in [0.05, 0.1) is 5.69 Å². The van der Waals surface area contributed by atoms with Crippen molar-refractivity contribution < 1.29 is 19.1 Å². The minimum absolute atomic E-state index is 0.0779.